The number of carbonyl (C=O) groups excluding carboxylic acids is 5. The molecular formula is C32H31F3N5O9PS. The quantitative estimate of drug-likeness (QED) is 0.236. The number of hydrogen-bond donors (Lipinski definition) is 3. The molecular weight excluding hydrogens is 718 g/mol. The molecule has 3 aromatic rings. The average molecular weight is 750 g/mol. The number of benzene rings is 1. The molecule has 1 saturated carbocycles. The predicted molar refractivity (Wildman–Crippen MR) is 175 cm³/mol. The largest absolute Gasteiger partial charge is 0.363 e. The van der Waals surface area contributed by atoms with Gasteiger partial charge >= 0.3 is 20.2 Å². The van der Waals surface area contributed by atoms with Crippen LogP contribution >= 0.6 is 18.9 Å². The van der Waals surface area contributed by atoms with Crippen LogP contribution in [-0.4, -0.2) is 77.5 Å². The zero-order valence-electron chi connectivity index (χ0n) is 26.6. The first kappa shape index (κ1) is 35.0. The zero-order chi connectivity index (χ0) is 36.6. The minimum atomic E-state index is -5.05. The predicted octanol–water partition coefficient (Wildman–Crippen LogP) is 4.16. The van der Waals surface area contributed by atoms with Crippen molar-refractivity contribution < 1.29 is 51.5 Å². The van der Waals surface area contributed by atoms with Gasteiger partial charge in [-0.1, -0.05) is 18.9 Å². The summed E-state index contributed by atoms with van der Waals surface area (Å²) in [6.45, 7) is -3.14. The number of anilines is 1. The van der Waals surface area contributed by atoms with Gasteiger partial charge in [-0.2, -0.15) is 8.78 Å². The molecule has 7 rings (SSSR count). The van der Waals surface area contributed by atoms with Gasteiger partial charge in [-0.15, -0.1) is 11.3 Å². The molecule has 14 nitrogen and oxygen atoms in total. The Morgan fingerprint density at radius 2 is 1.69 bits per heavy atom. The molecule has 5 heterocycles. The summed E-state index contributed by atoms with van der Waals surface area (Å²) in [4.78, 5) is 103. The fourth-order valence-electron chi connectivity index (χ4n) is 7.34. The van der Waals surface area contributed by atoms with Gasteiger partial charge in [0.05, 0.1) is 10.6 Å². The minimum absolute atomic E-state index is 0.124. The topological polar surface area (TPSA) is 187 Å². The number of nitrogens with one attached hydrogen (secondary N) is 1. The molecule has 6 amide bonds. The van der Waals surface area contributed by atoms with Gasteiger partial charge in [-0.3, -0.25) is 33.1 Å². The number of urea groups is 1. The lowest BCUT2D eigenvalue weighted by molar-refractivity contribution is -0.147. The summed E-state index contributed by atoms with van der Waals surface area (Å²) in [5.74, 6) is -5.24. The van der Waals surface area contributed by atoms with Crippen LogP contribution in [0.2, 0.25) is 0 Å². The first-order valence-corrected chi connectivity index (χ1v) is 18.7. The molecule has 1 aromatic carbocycles. The van der Waals surface area contributed by atoms with Crippen LogP contribution in [0, 0.1) is 0 Å². The lowest BCUT2D eigenvalue weighted by Gasteiger charge is -2.36. The van der Waals surface area contributed by atoms with Crippen molar-refractivity contribution >= 4 is 64.4 Å². The van der Waals surface area contributed by atoms with Crippen LogP contribution in [0.3, 0.4) is 0 Å². The molecule has 2 aromatic heterocycles. The van der Waals surface area contributed by atoms with Crippen LogP contribution in [0.25, 0.3) is 10.1 Å². The van der Waals surface area contributed by atoms with E-state index in [4.69, 9.17) is 0 Å². The van der Waals surface area contributed by atoms with E-state index >= 15 is 0 Å². The number of hydrogen-bond acceptors (Lipinski definition) is 8. The van der Waals surface area contributed by atoms with Crippen LogP contribution in [0.5, 0.6) is 0 Å². The van der Waals surface area contributed by atoms with Crippen LogP contribution in [0.1, 0.15) is 79.1 Å². The zero-order valence-corrected chi connectivity index (χ0v) is 28.3. The number of nitrogens with zero attached hydrogens (tertiary/aromatic N) is 4. The fraction of sp³-hybridized carbons (Fsp3) is 0.438. The number of fused-ring (bicyclic) bond motifs is 2. The molecule has 1 spiro atoms. The van der Waals surface area contributed by atoms with E-state index in [2.05, 4.69) is 5.32 Å². The number of pyridine rings is 1. The molecule has 4 atom stereocenters. The average Bonchev–Trinajstić information content (AvgIpc) is 3.47. The van der Waals surface area contributed by atoms with Crippen molar-refractivity contribution in [2.75, 3.05) is 4.90 Å². The number of aromatic nitrogens is 1. The summed E-state index contributed by atoms with van der Waals surface area (Å²) in [7, 11) is -5.05. The molecule has 19 heteroatoms. The lowest BCUT2D eigenvalue weighted by Crippen LogP contribution is -2.58. The number of carbonyl (C=O) groups is 5. The molecule has 51 heavy (non-hydrogen) atoms. The molecule has 4 fully saturated rings. The number of thiophene rings is 1. The lowest BCUT2D eigenvalue weighted by atomic mass is 9.99. The molecule has 2 unspecified atom stereocenters. The van der Waals surface area contributed by atoms with E-state index in [1.807, 2.05) is 0 Å². The van der Waals surface area contributed by atoms with E-state index in [0.29, 0.717) is 40.7 Å². The van der Waals surface area contributed by atoms with Gasteiger partial charge in [0.2, 0.25) is 11.8 Å². The van der Waals surface area contributed by atoms with Crippen molar-refractivity contribution in [1.29, 1.82) is 0 Å². The van der Waals surface area contributed by atoms with Crippen LogP contribution in [-0.2, 0) is 18.9 Å². The van der Waals surface area contributed by atoms with Gasteiger partial charge in [0.15, 0.2) is 0 Å². The molecule has 3 saturated heterocycles. The molecule has 0 radical (unpaired) electrons. The van der Waals surface area contributed by atoms with Crippen LogP contribution in [0.15, 0.2) is 47.4 Å². The molecule has 0 bridgehead atoms. The summed E-state index contributed by atoms with van der Waals surface area (Å²) in [6.07, 6.45) is 3.78. The van der Waals surface area contributed by atoms with E-state index in [1.165, 1.54) is 29.2 Å². The normalized spacial score (nSPS) is 23.9. The van der Waals surface area contributed by atoms with E-state index in [-0.39, 0.29) is 52.4 Å². The summed E-state index contributed by atoms with van der Waals surface area (Å²) in [5.41, 5.74) is -3.17. The summed E-state index contributed by atoms with van der Waals surface area (Å²) in [5, 5.41) is 3.12. The highest BCUT2D eigenvalue weighted by atomic mass is 32.1. The number of halogens is 3. The Hall–Kier alpha value is -4.38. The van der Waals surface area contributed by atoms with E-state index in [1.54, 1.807) is 0 Å². The van der Waals surface area contributed by atoms with Gasteiger partial charge in [-0.05, 0) is 73.7 Å². The highest BCUT2D eigenvalue weighted by Crippen LogP contribution is 2.53. The second-order valence-corrected chi connectivity index (χ2v) is 15.9. The molecule has 3 N–H and O–H groups in total. The SMILES string of the molecule is O=C(NC1CCCC[C@H]2CC[C@@H](C(=O)N3C(=O)N(c4ccn(C(F)F)c(=O)c4)C(=O)C34CC4)N2C1=O)c1cc2cc(C(F)P(=O)(O)O)ccc2s1. The van der Waals surface area contributed by atoms with E-state index < -0.39 is 72.9 Å². The van der Waals surface area contributed by atoms with Crippen molar-refractivity contribution in [3.8, 4) is 0 Å². The van der Waals surface area contributed by atoms with Crippen molar-refractivity contribution in [3.63, 3.8) is 0 Å². The maximum Gasteiger partial charge on any atom is 0.363 e. The number of imide groups is 2. The molecule has 1 aliphatic carbocycles. The van der Waals surface area contributed by atoms with Crippen molar-refractivity contribution in [2.45, 2.75) is 87.5 Å². The van der Waals surface area contributed by atoms with Crippen molar-refractivity contribution in [1.82, 2.24) is 19.7 Å². The second kappa shape index (κ2) is 12.7. The maximum atomic E-state index is 14.3. The summed E-state index contributed by atoms with van der Waals surface area (Å²) in [6, 6.07) is 3.47. The van der Waals surface area contributed by atoms with Crippen molar-refractivity contribution in [3.05, 3.63) is 63.4 Å². The van der Waals surface area contributed by atoms with Gasteiger partial charge in [0.1, 0.15) is 17.6 Å². The Balaban J connectivity index is 1.12. The van der Waals surface area contributed by atoms with Crippen molar-refractivity contribution in [2.24, 2.45) is 0 Å². The fourth-order valence-corrected chi connectivity index (χ4v) is 8.84. The van der Waals surface area contributed by atoms with Crippen LogP contribution in [0.4, 0.5) is 23.7 Å². The third-order valence-electron chi connectivity index (χ3n) is 10.0. The monoisotopic (exact) mass is 749 g/mol. The Morgan fingerprint density at radius 1 is 0.961 bits per heavy atom. The minimum Gasteiger partial charge on any atom is -0.340 e. The maximum absolute atomic E-state index is 14.3. The second-order valence-electron chi connectivity index (χ2n) is 13.2. The molecule has 3 aliphatic heterocycles. The summed E-state index contributed by atoms with van der Waals surface area (Å²) >= 11 is 1.04. The number of rotatable bonds is 7. The number of alkyl halides is 3. The van der Waals surface area contributed by atoms with Gasteiger partial charge in [0.25, 0.3) is 23.3 Å². The molecule has 270 valence electrons. The van der Waals surface area contributed by atoms with E-state index in [9.17, 15) is 56.3 Å². The van der Waals surface area contributed by atoms with Gasteiger partial charge < -0.3 is 20.0 Å². The Labute approximate surface area is 290 Å². The smallest absolute Gasteiger partial charge is 0.340 e. The first-order valence-electron chi connectivity index (χ1n) is 16.2. The third-order valence-corrected chi connectivity index (χ3v) is 12.0. The summed E-state index contributed by atoms with van der Waals surface area (Å²) < 4.78 is 52.7. The highest BCUT2D eigenvalue weighted by molar-refractivity contribution is 7.51. The Bertz CT molecular complexity index is 2100. The standard InChI is InChI=1S/C32H31F3N5O9PS/c33-25(50(47,48)49)16-5-8-22-17(13-16)14-23(51-22)26(42)36-20-4-2-1-3-18-6-7-21(38(18)27(20)43)28(44)40-31(46)39(29(45)32(40)10-11-32)19-9-12-37(30(34)35)24(41)15-19/h5,8-9,12-15,18,20-21,25,30H,1-4,6-7,10-11H2,(H,36,42)(H2,47,48,49)/t18-,20?,21-,25?/m0/s1. The number of amides is 6. The first-order chi connectivity index (χ1) is 24.1. The Kier molecular flexibility index (Phi) is 8.72. The molecule has 4 aliphatic rings. The Morgan fingerprint density at radius 3 is 2.35 bits per heavy atom. The van der Waals surface area contributed by atoms with Gasteiger partial charge in [-0.25, -0.2) is 19.0 Å². The van der Waals surface area contributed by atoms with Crippen LogP contribution < -0.4 is 15.8 Å². The van der Waals surface area contributed by atoms with E-state index in [0.717, 1.165) is 34.6 Å². The van der Waals surface area contributed by atoms with Gasteiger partial charge in [0, 0.05) is 23.0 Å². The highest BCUT2D eigenvalue weighted by Gasteiger charge is 2.68. The third kappa shape index (κ3) is 5.97.